The van der Waals surface area contributed by atoms with E-state index in [1.807, 2.05) is 12.2 Å². The molecule has 0 spiro atoms. The number of nitrogens with one attached hydrogen (secondary N) is 1. The van der Waals surface area contributed by atoms with Gasteiger partial charge in [0, 0.05) is 36.9 Å². The number of carbonyl (C=O) groups is 2. The first-order valence-electron chi connectivity index (χ1n) is 8.61. The van der Waals surface area contributed by atoms with Crippen molar-refractivity contribution in [3.05, 3.63) is 34.4 Å². The Kier molecular flexibility index (Phi) is 7.06. The lowest BCUT2D eigenvalue weighted by Gasteiger charge is -2.19. The zero-order chi connectivity index (χ0) is 19.3. The third-order valence-corrected chi connectivity index (χ3v) is 4.83. The predicted octanol–water partition coefficient (Wildman–Crippen LogP) is 3.13. The van der Waals surface area contributed by atoms with Gasteiger partial charge in [-0.2, -0.15) is 0 Å². The predicted molar refractivity (Wildman–Crippen MR) is 98.8 cm³/mol. The number of Topliss-reactive ketones (excluding diaryl/α,β-unsaturated/α-hetero) is 1. The summed E-state index contributed by atoms with van der Waals surface area (Å²) in [7, 11) is 1.79. The number of allylic oxidation sites excluding steroid dienone is 1. The van der Waals surface area contributed by atoms with Crippen molar-refractivity contribution in [3.8, 4) is 11.5 Å². The number of phenolic OH excluding ortho intramolecular Hbond substituents is 2. The number of cyclic esters (lactones) is 1. The molecular formula is C19H24ClNO5. The van der Waals surface area contributed by atoms with E-state index in [9.17, 15) is 19.8 Å². The highest BCUT2D eigenvalue weighted by Gasteiger charge is 2.26. The standard InChI is InChI=1S/C19H24ClNO5/c1-11-6-4-3-5-7-12(21-2)8-13(22)9-14-17(19(25)26-11)15(23)10-16(24)18(14)20/h3-4,10-12,21,23-24H,5-9H2,1-2H3/b4-3+/t11-,12?/m1/s1. The Bertz CT molecular complexity index is 716. The molecule has 0 radical (unpaired) electrons. The second kappa shape index (κ2) is 9.05. The van der Waals surface area contributed by atoms with Gasteiger partial charge in [-0.25, -0.2) is 4.79 Å². The summed E-state index contributed by atoms with van der Waals surface area (Å²) in [6, 6.07) is 0.976. The van der Waals surface area contributed by atoms with Crippen LogP contribution in [0.3, 0.4) is 0 Å². The van der Waals surface area contributed by atoms with Gasteiger partial charge in [0.2, 0.25) is 0 Å². The fraction of sp³-hybridized carbons (Fsp3) is 0.474. The van der Waals surface area contributed by atoms with Gasteiger partial charge in [0.05, 0.1) is 5.02 Å². The second-order valence-corrected chi connectivity index (χ2v) is 6.87. The second-order valence-electron chi connectivity index (χ2n) is 6.49. The maximum Gasteiger partial charge on any atom is 0.342 e. The molecule has 2 atom stereocenters. The maximum atomic E-state index is 12.5. The summed E-state index contributed by atoms with van der Waals surface area (Å²) in [5, 5.41) is 23.0. The van der Waals surface area contributed by atoms with Crippen LogP contribution in [-0.2, 0) is 16.0 Å². The molecule has 0 saturated carbocycles. The fourth-order valence-electron chi connectivity index (χ4n) is 2.96. The first-order valence-corrected chi connectivity index (χ1v) is 8.99. The van der Waals surface area contributed by atoms with E-state index < -0.39 is 17.8 Å². The first-order chi connectivity index (χ1) is 12.3. The first kappa shape index (κ1) is 20.3. The number of aromatic hydroxyl groups is 2. The van der Waals surface area contributed by atoms with Crippen molar-refractivity contribution < 1.29 is 24.5 Å². The van der Waals surface area contributed by atoms with Crippen molar-refractivity contribution in [1.82, 2.24) is 5.32 Å². The van der Waals surface area contributed by atoms with E-state index in [0.717, 1.165) is 18.9 Å². The number of ketones is 1. The van der Waals surface area contributed by atoms with Gasteiger partial charge < -0.3 is 20.3 Å². The van der Waals surface area contributed by atoms with E-state index in [-0.39, 0.29) is 46.6 Å². The van der Waals surface area contributed by atoms with E-state index in [1.54, 1.807) is 14.0 Å². The van der Waals surface area contributed by atoms with Crippen molar-refractivity contribution in [1.29, 1.82) is 0 Å². The van der Waals surface area contributed by atoms with Gasteiger partial charge in [0.25, 0.3) is 0 Å². The fourth-order valence-corrected chi connectivity index (χ4v) is 3.18. The highest BCUT2D eigenvalue weighted by atomic mass is 35.5. The Morgan fingerprint density at radius 2 is 1.96 bits per heavy atom. The number of rotatable bonds is 1. The lowest BCUT2D eigenvalue weighted by molar-refractivity contribution is -0.118. The highest BCUT2D eigenvalue weighted by molar-refractivity contribution is 6.33. The Hall–Kier alpha value is -2.05. The maximum absolute atomic E-state index is 12.5. The summed E-state index contributed by atoms with van der Waals surface area (Å²) in [5.74, 6) is -1.76. The molecule has 6 nitrogen and oxygen atoms in total. The molecule has 0 fully saturated rings. The third kappa shape index (κ3) is 4.99. The Labute approximate surface area is 157 Å². The number of hydrogen-bond donors (Lipinski definition) is 3. The molecule has 1 aromatic carbocycles. The van der Waals surface area contributed by atoms with E-state index >= 15 is 0 Å². The molecule has 1 heterocycles. The summed E-state index contributed by atoms with van der Waals surface area (Å²) in [6.45, 7) is 1.74. The van der Waals surface area contributed by atoms with Gasteiger partial charge in [-0.05, 0) is 26.8 Å². The lowest BCUT2D eigenvalue weighted by Crippen LogP contribution is -2.29. The molecule has 0 saturated heterocycles. The van der Waals surface area contributed by atoms with Crippen LogP contribution in [-0.4, -0.2) is 41.2 Å². The third-order valence-electron chi connectivity index (χ3n) is 4.41. The molecule has 1 aliphatic rings. The van der Waals surface area contributed by atoms with E-state index in [0.29, 0.717) is 6.42 Å². The molecule has 0 bridgehead atoms. The van der Waals surface area contributed by atoms with Crippen molar-refractivity contribution >= 4 is 23.4 Å². The van der Waals surface area contributed by atoms with Crippen molar-refractivity contribution in [3.63, 3.8) is 0 Å². The molecule has 2 rings (SSSR count). The largest absolute Gasteiger partial charge is 0.507 e. The van der Waals surface area contributed by atoms with Crippen LogP contribution in [0.5, 0.6) is 11.5 Å². The van der Waals surface area contributed by atoms with Crippen LogP contribution in [0, 0.1) is 0 Å². The lowest BCUT2D eigenvalue weighted by atomic mass is 9.96. The number of phenols is 2. The van der Waals surface area contributed by atoms with E-state index in [1.165, 1.54) is 0 Å². The Morgan fingerprint density at radius 3 is 2.65 bits per heavy atom. The molecule has 142 valence electrons. The number of carbonyl (C=O) groups excluding carboxylic acids is 2. The minimum atomic E-state index is -0.768. The van der Waals surface area contributed by atoms with Crippen molar-refractivity contribution in [2.24, 2.45) is 0 Å². The van der Waals surface area contributed by atoms with E-state index in [4.69, 9.17) is 16.3 Å². The molecule has 1 aromatic rings. The smallest absolute Gasteiger partial charge is 0.342 e. The Morgan fingerprint density at radius 1 is 1.23 bits per heavy atom. The molecule has 26 heavy (non-hydrogen) atoms. The van der Waals surface area contributed by atoms with Gasteiger partial charge in [-0.3, -0.25) is 4.79 Å². The van der Waals surface area contributed by atoms with Gasteiger partial charge in [-0.1, -0.05) is 23.8 Å². The summed E-state index contributed by atoms with van der Waals surface area (Å²) >= 11 is 6.12. The van der Waals surface area contributed by atoms with Gasteiger partial charge in [0.1, 0.15) is 28.9 Å². The van der Waals surface area contributed by atoms with Crippen LogP contribution in [0.4, 0.5) is 0 Å². The van der Waals surface area contributed by atoms with Crippen LogP contribution in [0.15, 0.2) is 18.2 Å². The van der Waals surface area contributed by atoms with Gasteiger partial charge in [-0.15, -0.1) is 0 Å². The van der Waals surface area contributed by atoms with Crippen LogP contribution >= 0.6 is 11.6 Å². The summed E-state index contributed by atoms with van der Waals surface area (Å²) < 4.78 is 5.36. The summed E-state index contributed by atoms with van der Waals surface area (Å²) in [5.41, 5.74) is -0.0798. The number of hydrogen-bond acceptors (Lipinski definition) is 6. The minimum Gasteiger partial charge on any atom is -0.507 e. The van der Waals surface area contributed by atoms with E-state index in [2.05, 4.69) is 5.32 Å². The van der Waals surface area contributed by atoms with Crippen LogP contribution in [0.1, 0.15) is 48.5 Å². The SMILES string of the molecule is CNC1CC/C=C/C[C@@H](C)OC(=O)c2c(O)cc(O)c(Cl)c2CC(=O)C1. The average Bonchev–Trinajstić information content (AvgIpc) is 2.57. The average molecular weight is 382 g/mol. The molecular weight excluding hydrogens is 358 g/mol. The monoisotopic (exact) mass is 381 g/mol. The molecule has 0 aliphatic carbocycles. The van der Waals surface area contributed by atoms with Crippen LogP contribution in [0.2, 0.25) is 5.02 Å². The molecule has 7 heteroatoms. The van der Waals surface area contributed by atoms with Crippen LogP contribution < -0.4 is 5.32 Å². The quantitative estimate of drug-likeness (QED) is 0.511. The van der Waals surface area contributed by atoms with Gasteiger partial charge in [0.15, 0.2) is 0 Å². The molecule has 0 aromatic heterocycles. The summed E-state index contributed by atoms with van der Waals surface area (Å²) in [6.07, 6.45) is 5.75. The normalized spacial score (nSPS) is 23.7. The number of halogens is 1. The molecule has 1 aliphatic heterocycles. The topological polar surface area (TPSA) is 95.9 Å². The zero-order valence-electron chi connectivity index (χ0n) is 14.9. The van der Waals surface area contributed by atoms with Gasteiger partial charge >= 0.3 is 5.97 Å². The van der Waals surface area contributed by atoms with Crippen molar-refractivity contribution in [2.75, 3.05) is 7.05 Å². The van der Waals surface area contributed by atoms with Crippen LogP contribution in [0.25, 0.3) is 0 Å². The number of fused-ring (bicyclic) bond motifs is 1. The number of ether oxygens (including phenoxy) is 1. The summed E-state index contributed by atoms with van der Waals surface area (Å²) in [4.78, 5) is 25.0. The molecule has 3 N–H and O–H groups in total. The minimum absolute atomic E-state index is 0.00685. The number of esters is 1. The number of benzene rings is 1. The molecule has 0 amide bonds. The molecule has 1 unspecified atom stereocenters. The Balaban J connectivity index is 2.45. The highest BCUT2D eigenvalue weighted by Crippen LogP contribution is 2.37. The zero-order valence-corrected chi connectivity index (χ0v) is 15.7. The van der Waals surface area contributed by atoms with Crippen molar-refractivity contribution in [2.45, 2.75) is 51.2 Å².